The zero-order valence-corrected chi connectivity index (χ0v) is 6.72. The highest BCUT2D eigenvalue weighted by atomic mass is 31.0. The lowest BCUT2D eigenvalue weighted by Crippen LogP contribution is -2.06. The van der Waals surface area contributed by atoms with Crippen LogP contribution in [0.15, 0.2) is 14.4 Å². The van der Waals surface area contributed by atoms with Crippen LogP contribution in [-0.4, -0.2) is 15.0 Å². The fourth-order valence-electron chi connectivity index (χ4n) is 0.958. The molecule has 0 aliphatic rings. The van der Waals surface area contributed by atoms with E-state index in [1.165, 1.54) is 0 Å². The molecule has 2 heterocycles. The van der Waals surface area contributed by atoms with Gasteiger partial charge in [-0.2, -0.15) is 0 Å². The number of fused-ring (bicyclic) bond motifs is 1. The summed E-state index contributed by atoms with van der Waals surface area (Å²) in [5.74, 6) is 0. The van der Waals surface area contributed by atoms with Gasteiger partial charge >= 0.3 is 5.69 Å². The van der Waals surface area contributed by atoms with E-state index in [1.54, 1.807) is 0 Å². The van der Waals surface area contributed by atoms with Crippen LogP contribution >= 0.6 is 8.19 Å². The summed E-state index contributed by atoms with van der Waals surface area (Å²) in [5.41, 5.74) is -0.146. The van der Waals surface area contributed by atoms with Gasteiger partial charge in [-0.1, -0.05) is 0 Å². The number of hydrogen-bond acceptors (Lipinski definition) is 3. The van der Waals surface area contributed by atoms with Crippen molar-refractivity contribution in [2.45, 2.75) is 0 Å². The lowest BCUT2D eigenvalue weighted by molar-refractivity contribution is 1.19. The molecule has 0 saturated heterocycles. The van der Waals surface area contributed by atoms with E-state index in [1.807, 2.05) is 0 Å². The highest BCUT2D eigenvalue weighted by Gasteiger charge is 2.02. The predicted molar refractivity (Wildman–Crippen MR) is 45.3 cm³/mol. The number of hydrogen-bond donors (Lipinski definition) is 3. The highest BCUT2D eigenvalue weighted by molar-refractivity contribution is 7.27. The van der Waals surface area contributed by atoms with Gasteiger partial charge in [0.2, 0.25) is 5.16 Å². The van der Waals surface area contributed by atoms with Gasteiger partial charge in [-0.05, 0) is 8.19 Å². The smallest absolute Gasteiger partial charge is 0.303 e. The first-order valence-electron chi connectivity index (χ1n) is 3.11. The minimum absolute atomic E-state index is 0.165. The molecule has 1 atom stereocenters. The van der Waals surface area contributed by atoms with E-state index in [2.05, 4.69) is 15.0 Å². The van der Waals surface area contributed by atoms with Crippen LogP contribution in [0.2, 0.25) is 0 Å². The van der Waals surface area contributed by atoms with Crippen molar-refractivity contribution in [3.05, 3.63) is 30.5 Å². The lowest BCUT2D eigenvalue weighted by atomic mass is 10.6. The molecular formula is C5H4N3O3P. The van der Waals surface area contributed by atoms with Crippen LogP contribution in [0.25, 0.3) is 11.2 Å². The molecule has 0 spiro atoms. The van der Waals surface area contributed by atoms with Gasteiger partial charge in [0.05, 0.1) is 0 Å². The molecule has 6 nitrogen and oxygen atoms in total. The number of aromatic nitrogens is 3. The maximum Gasteiger partial charge on any atom is 0.325 e. The van der Waals surface area contributed by atoms with Crippen molar-refractivity contribution in [1.29, 1.82) is 0 Å². The van der Waals surface area contributed by atoms with Crippen molar-refractivity contribution in [3.8, 4) is 0 Å². The Kier molecular flexibility index (Phi) is 1.31. The van der Waals surface area contributed by atoms with Crippen LogP contribution in [0.1, 0.15) is 0 Å². The second-order valence-electron chi connectivity index (χ2n) is 2.24. The zero-order valence-electron chi connectivity index (χ0n) is 5.72. The van der Waals surface area contributed by atoms with E-state index in [4.69, 9.17) is 0 Å². The van der Waals surface area contributed by atoms with Crippen LogP contribution in [-0.2, 0) is 0 Å². The molecule has 0 aliphatic carbocycles. The molecule has 0 aromatic carbocycles. The van der Waals surface area contributed by atoms with Gasteiger partial charge in [-0.3, -0.25) is 14.6 Å². The Balaban J connectivity index is 3.18. The molecule has 0 aliphatic heterocycles. The molecule has 3 N–H and O–H groups in total. The van der Waals surface area contributed by atoms with Gasteiger partial charge in [0.1, 0.15) is 11.2 Å². The highest BCUT2D eigenvalue weighted by Crippen LogP contribution is 1.95. The average Bonchev–Trinajstić information content (AvgIpc) is 2.29. The third-order valence-corrected chi connectivity index (χ3v) is 2.25. The zero-order chi connectivity index (χ0) is 8.72. The summed E-state index contributed by atoms with van der Waals surface area (Å²) >= 11 is 0. The predicted octanol–water partition coefficient (Wildman–Crippen LogP) is -1.06. The van der Waals surface area contributed by atoms with Gasteiger partial charge in [0.25, 0.3) is 5.29 Å². The fraction of sp³-hybridized carbons (Fsp3) is 0. The molecule has 2 aromatic rings. The summed E-state index contributed by atoms with van der Waals surface area (Å²) in [6.07, 6.45) is 0. The molecule has 0 radical (unpaired) electrons. The summed E-state index contributed by atoms with van der Waals surface area (Å²) in [7, 11) is -0.449. The first kappa shape index (κ1) is 7.12. The maximum atomic E-state index is 11.1. The fourth-order valence-corrected chi connectivity index (χ4v) is 1.66. The molecule has 1 unspecified atom stereocenters. The van der Waals surface area contributed by atoms with E-state index >= 15 is 0 Å². The summed E-state index contributed by atoms with van der Waals surface area (Å²) in [4.78, 5) is 39.5. The van der Waals surface area contributed by atoms with Gasteiger partial charge in [0.15, 0.2) is 0 Å². The molecule has 7 heteroatoms. The Morgan fingerprint density at radius 3 is 2.50 bits per heavy atom. The topological polar surface area (TPSA) is 98.6 Å². The lowest BCUT2D eigenvalue weighted by Gasteiger charge is -1.83. The van der Waals surface area contributed by atoms with Crippen molar-refractivity contribution >= 4 is 19.4 Å². The van der Waals surface area contributed by atoms with Crippen LogP contribution in [0, 0.1) is 0 Å². The van der Waals surface area contributed by atoms with Gasteiger partial charge in [-0.15, -0.1) is 0 Å². The largest absolute Gasteiger partial charge is 0.325 e. The molecule has 12 heavy (non-hydrogen) atoms. The monoisotopic (exact) mass is 185 g/mol. The number of rotatable bonds is 0. The van der Waals surface area contributed by atoms with Crippen LogP contribution in [0.4, 0.5) is 0 Å². The Hall–Kier alpha value is -1.55. The molecule has 0 fully saturated rings. The molecule has 0 amide bonds. The molecule has 62 valence electrons. The number of H-pyrrole nitrogens is 3. The molecule has 2 rings (SSSR count). The molecule has 2 aromatic heterocycles. The third kappa shape index (κ3) is 0.931. The normalized spacial score (nSPS) is 11.3. The van der Waals surface area contributed by atoms with Gasteiger partial charge < -0.3 is 9.97 Å². The van der Waals surface area contributed by atoms with E-state index < -0.39 is 13.9 Å². The maximum absolute atomic E-state index is 11.1. The third-order valence-electron chi connectivity index (χ3n) is 1.42. The van der Waals surface area contributed by atoms with Crippen molar-refractivity contribution in [2.75, 3.05) is 0 Å². The SMILES string of the molecule is O=c1[nH]c2[nH]c(=O)[pH]c(=O)c2[nH]1. The second kappa shape index (κ2) is 2.22. The van der Waals surface area contributed by atoms with Crippen LogP contribution in [0.3, 0.4) is 0 Å². The Labute approximate surface area is 65.7 Å². The average molecular weight is 185 g/mol. The standard InChI is InChI=1S/C5H4N3O3P/c9-3-1-2(7-4(10)6-1)8-5(11)12-3/h12H,(H,8,11)(H2,6,7,10). The Morgan fingerprint density at radius 2 is 1.75 bits per heavy atom. The van der Waals surface area contributed by atoms with E-state index in [-0.39, 0.29) is 21.6 Å². The molecule has 0 bridgehead atoms. The first-order chi connectivity index (χ1) is 5.66. The van der Waals surface area contributed by atoms with Crippen LogP contribution < -0.4 is 16.1 Å². The summed E-state index contributed by atoms with van der Waals surface area (Å²) in [5, 5.41) is -0.713. The van der Waals surface area contributed by atoms with Crippen molar-refractivity contribution in [2.24, 2.45) is 0 Å². The summed E-state index contributed by atoms with van der Waals surface area (Å²) < 4.78 is 0. The number of nitrogens with one attached hydrogen (secondary N) is 3. The van der Waals surface area contributed by atoms with Crippen LogP contribution in [0.5, 0.6) is 0 Å². The molecular weight excluding hydrogens is 181 g/mol. The molecule has 0 saturated carbocycles. The summed E-state index contributed by atoms with van der Waals surface area (Å²) in [6.45, 7) is 0. The number of imidazole rings is 1. The number of aromatic amines is 3. The van der Waals surface area contributed by atoms with Crippen molar-refractivity contribution in [3.63, 3.8) is 0 Å². The Bertz CT molecular complexity index is 586. The van der Waals surface area contributed by atoms with Crippen molar-refractivity contribution < 1.29 is 0 Å². The van der Waals surface area contributed by atoms with Crippen molar-refractivity contribution in [1.82, 2.24) is 15.0 Å². The second-order valence-corrected chi connectivity index (χ2v) is 3.40. The minimum Gasteiger partial charge on any atom is -0.303 e. The summed E-state index contributed by atoms with van der Waals surface area (Å²) in [6, 6.07) is 0. The van der Waals surface area contributed by atoms with Gasteiger partial charge in [0, 0.05) is 0 Å². The van der Waals surface area contributed by atoms with E-state index in [0.29, 0.717) is 0 Å². The van der Waals surface area contributed by atoms with Gasteiger partial charge in [-0.25, -0.2) is 4.79 Å². The Morgan fingerprint density at radius 1 is 1.00 bits per heavy atom. The van der Waals surface area contributed by atoms with E-state index in [0.717, 1.165) is 0 Å². The quantitative estimate of drug-likeness (QED) is 0.487. The first-order valence-corrected chi connectivity index (χ1v) is 4.11. The van der Waals surface area contributed by atoms with E-state index in [9.17, 15) is 14.4 Å². The minimum atomic E-state index is -0.486.